The minimum Gasteiger partial charge on any atom is -0.459 e. The molecule has 0 saturated carbocycles. The predicted molar refractivity (Wildman–Crippen MR) is 92.8 cm³/mol. The second-order valence-corrected chi connectivity index (χ2v) is 7.14. The first-order valence-electron chi connectivity index (χ1n) is 7.75. The molecule has 130 valence electrons. The van der Waals surface area contributed by atoms with E-state index in [0.717, 1.165) is 5.01 Å². The number of ether oxygens (including phenoxy) is 1. The molecule has 0 radical (unpaired) electrons. The van der Waals surface area contributed by atoms with Crippen LogP contribution in [0.1, 0.15) is 70.7 Å². The van der Waals surface area contributed by atoms with Gasteiger partial charge in [0.25, 0.3) is 5.91 Å². The number of aromatic nitrogens is 3. The van der Waals surface area contributed by atoms with Crippen LogP contribution in [0.2, 0.25) is 0 Å². The largest absolute Gasteiger partial charge is 0.459 e. The van der Waals surface area contributed by atoms with Crippen molar-refractivity contribution < 1.29 is 14.3 Å². The monoisotopic (exact) mass is 350 g/mol. The molecule has 2 N–H and O–H groups in total. The molecule has 0 saturated heterocycles. The van der Waals surface area contributed by atoms with Crippen molar-refractivity contribution in [2.75, 3.05) is 5.32 Å². The van der Waals surface area contributed by atoms with Crippen LogP contribution < -0.4 is 5.32 Å². The smallest absolute Gasteiger partial charge is 0.340 e. The van der Waals surface area contributed by atoms with E-state index < -0.39 is 5.97 Å². The Balaban J connectivity index is 2.22. The number of aryl methyl sites for hydroxylation is 1. The summed E-state index contributed by atoms with van der Waals surface area (Å²) in [6.07, 6.45) is -0.223. The van der Waals surface area contributed by atoms with E-state index in [1.165, 1.54) is 11.3 Å². The molecule has 2 rings (SSSR count). The lowest BCUT2D eigenvalue weighted by Gasteiger charge is -2.08. The van der Waals surface area contributed by atoms with Gasteiger partial charge in [0.1, 0.15) is 10.7 Å². The second kappa shape index (κ2) is 7.12. The molecule has 7 nitrogen and oxygen atoms in total. The van der Waals surface area contributed by atoms with Crippen LogP contribution in [-0.2, 0) is 4.74 Å². The van der Waals surface area contributed by atoms with Crippen molar-refractivity contribution in [3.8, 4) is 0 Å². The van der Waals surface area contributed by atoms with Gasteiger partial charge in [-0.1, -0.05) is 25.2 Å². The number of hydrogen-bond acceptors (Lipinski definition) is 6. The lowest BCUT2D eigenvalue weighted by atomic mass is 10.1. The summed E-state index contributed by atoms with van der Waals surface area (Å²) in [6.45, 7) is 11.0. The third-order valence-corrected chi connectivity index (χ3v) is 4.51. The van der Waals surface area contributed by atoms with Crippen molar-refractivity contribution >= 4 is 28.3 Å². The minimum atomic E-state index is -0.437. The zero-order valence-corrected chi connectivity index (χ0v) is 15.5. The lowest BCUT2D eigenvalue weighted by Crippen LogP contribution is -2.15. The number of nitrogens with zero attached hydrogens (tertiary/aromatic N) is 2. The molecule has 0 aliphatic carbocycles. The molecule has 2 aromatic rings. The zero-order valence-electron chi connectivity index (χ0n) is 14.7. The van der Waals surface area contributed by atoms with Gasteiger partial charge in [0.15, 0.2) is 0 Å². The highest BCUT2D eigenvalue weighted by Crippen LogP contribution is 2.24. The Morgan fingerprint density at radius 3 is 2.38 bits per heavy atom. The highest BCUT2D eigenvalue weighted by Gasteiger charge is 2.24. The quantitative estimate of drug-likeness (QED) is 0.805. The van der Waals surface area contributed by atoms with Gasteiger partial charge >= 0.3 is 5.97 Å². The van der Waals surface area contributed by atoms with E-state index in [0.29, 0.717) is 27.6 Å². The highest BCUT2D eigenvalue weighted by atomic mass is 32.1. The van der Waals surface area contributed by atoms with Gasteiger partial charge in [-0.25, -0.2) is 4.79 Å². The van der Waals surface area contributed by atoms with Crippen LogP contribution in [0.15, 0.2) is 0 Å². The molecule has 0 unspecified atom stereocenters. The van der Waals surface area contributed by atoms with Crippen LogP contribution >= 0.6 is 11.3 Å². The number of nitrogens with one attached hydrogen (secondary N) is 2. The van der Waals surface area contributed by atoms with Crippen molar-refractivity contribution in [2.24, 2.45) is 0 Å². The summed E-state index contributed by atoms with van der Waals surface area (Å²) in [4.78, 5) is 27.6. The molecule has 0 bridgehead atoms. The first kappa shape index (κ1) is 18.1. The molecule has 24 heavy (non-hydrogen) atoms. The van der Waals surface area contributed by atoms with E-state index in [2.05, 4.69) is 20.5 Å². The molecule has 0 spiro atoms. The van der Waals surface area contributed by atoms with Gasteiger partial charge in [-0.15, -0.1) is 10.2 Å². The van der Waals surface area contributed by atoms with Crippen molar-refractivity contribution in [3.05, 3.63) is 27.5 Å². The molecule has 0 atom stereocenters. The SMILES string of the molecule is Cc1[nH]c(C(=O)Nc2nnc(C(C)C)s2)c(C)c1C(=O)OC(C)C. The average Bonchev–Trinajstić information content (AvgIpc) is 3.03. The Labute approximate surface area is 144 Å². The van der Waals surface area contributed by atoms with E-state index in [-0.39, 0.29) is 17.9 Å². The van der Waals surface area contributed by atoms with Gasteiger partial charge < -0.3 is 9.72 Å². The number of anilines is 1. The maximum Gasteiger partial charge on any atom is 0.340 e. The maximum atomic E-state index is 12.5. The summed E-state index contributed by atoms with van der Waals surface area (Å²) in [5.74, 6) is -0.543. The predicted octanol–water partition coefficient (Wildman–Crippen LogP) is 3.42. The van der Waals surface area contributed by atoms with E-state index in [4.69, 9.17) is 4.74 Å². The number of carbonyl (C=O) groups is 2. The van der Waals surface area contributed by atoms with Crippen molar-refractivity contribution in [1.29, 1.82) is 0 Å². The first-order chi connectivity index (χ1) is 11.2. The molecule has 0 aromatic carbocycles. The number of rotatable bonds is 5. The number of H-pyrrole nitrogens is 1. The van der Waals surface area contributed by atoms with Crippen LogP contribution in [-0.4, -0.2) is 33.2 Å². The first-order valence-corrected chi connectivity index (χ1v) is 8.57. The van der Waals surface area contributed by atoms with Gasteiger partial charge in [-0.2, -0.15) is 0 Å². The summed E-state index contributed by atoms with van der Waals surface area (Å²) in [5, 5.41) is 12.0. The molecule has 1 amide bonds. The fourth-order valence-corrected chi connectivity index (χ4v) is 2.98. The topological polar surface area (TPSA) is 97.0 Å². The molecule has 0 aliphatic rings. The molecule has 2 aromatic heterocycles. The third-order valence-electron chi connectivity index (χ3n) is 3.37. The Morgan fingerprint density at radius 1 is 1.17 bits per heavy atom. The Bertz CT molecular complexity index is 761. The van der Waals surface area contributed by atoms with Crippen molar-refractivity contribution in [1.82, 2.24) is 15.2 Å². The normalized spacial score (nSPS) is 11.2. The van der Waals surface area contributed by atoms with Crippen LogP contribution in [0.3, 0.4) is 0 Å². The number of carbonyl (C=O) groups excluding carboxylic acids is 2. The maximum absolute atomic E-state index is 12.5. The van der Waals surface area contributed by atoms with Crippen LogP contribution in [0.25, 0.3) is 0 Å². The summed E-state index contributed by atoms with van der Waals surface area (Å²) >= 11 is 1.34. The molecule has 2 heterocycles. The van der Waals surface area contributed by atoms with Gasteiger partial charge in [0, 0.05) is 11.6 Å². The summed E-state index contributed by atoms with van der Waals surface area (Å²) in [6, 6.07) is 0. The van der Waals surface area contributed by atoms with E-state index in [1.54, 1.807) is 27.7 Å². The van der Waals surface area contributed by atoms with E-state index in [1.807, 2.05) is 13.8 Å². The van der Waals surface area contributed by atoms with Gasteiger partial charge in [-0.05, 0) is 33.3 Å². The number of esters is 1. The summed E-state index contributed by atoms with van der Waals surface area (Å²) in [5.41, 5.74) is 1.88. The highest BCUT2D eigenvalue weighted by molar-refractivity contribution is 7.15. The standard InChI is InChI=1S/C16H22N4O3S/c1-7(2)14-19-20-16(24-14)18-13(21)12-9(5)11(10(6)17-12)15(22)23-8(3)4/h7-8,17H,1-6H3,(H,18,20,21). The minimum absolute atomic E-state index is 0.223. The van der Waals surface area contributed by atoms with Gasteiger partial charge in [0.05, 0.1) is 11.7 Å². The number of aromatic amines is 1. The molecular weight excluding hydrogens is 328 g/mol. The Morgan fingerprint density at radius 2 is 1.83 bits per heavy atom. The summed E-state index contributed by atoms with van der Waals surface area (Å²) < 4.78 is 5.23. The molecule has 0 fully saturated rings. The average molecular weight is 350 g/mol. The molecule has 0 aliphatic heterocycles. The Kier molecular flexibility index (Phi) is 5.38. The lowest BCUT2D eigenvalue weighted by molar-refractivity contribution is 0.0376. The second-order valence-electron chi connectivity index (χ2n) is 6.13. The number of hydrogen-bond donors (Lipinski definition) is 2. The van der Waals surface area contributed by atoms with Crippen LogP contribution in [0.4, 0.5) is 5.13 Å². The number of amides is 1. The molecular formula is C16H22N4O3S. The zero-order chi connectivity index (χ0) is 18.0. The van der Waals surface area contributed by atoms with Crippen LogP contribution in [0.5, 0.6) is 0 Å². The van der Waals surface area contributed by atoms with Crippen molar-refractivity contribution in [2.45, 2.75) is 53.6 Å². The van der Waals surface area contributed by atoms with E-state index >= 15 is 0 Å². The molecule has 8 heteroatoms. The third kappa shape index (κ3) is 3.81. The van der Waals surface area contributed by atoms with Gasteiger partial charge in [0.2, 0.25) is 5.13 Å². The van der Waals surface area contributed by atoms with Crippen molar-refractivity contribution in [3.63, 3.8) is 0 Å². The Hall–Kier alpha value is -2.22. The van der Waals surface area contributed by atoms with E-state index in [9.17, 15) is 9.59 Å². The fourth-order valence-electron chi connectivity index (χ4n) is 2.23. The van der Waals surface area contributed by atoms with Crippen LogP contribution in [0, 0.1) is 13.8 Å². The summed E-state index contributed by atoms with van der Waals surface area (Å²) in [7, 11) is 0. The fraction of sp³-hybridized carbons (Fsp3) is 0.500. The van der Waals surface area contributed by atoms with Gasteiger partial charge in [-0.3, -0.25) is 10.1 Å².